The Morgan fingerprint density at radius 3 is 2.67 bits per heavy atom. The highest BCUT2D eigenvalue weighted by molar-refractivity contribution is 5.88. The summed E-state index contributed by atoms with van der Waals surface area (Å²) in [5.41, 5.74) is 1.72. The maximum Gasteiger partial charge on any atom is 0.246 e. The normalized spacial score (nSPS) is 51.4. The van der Waals surface area contributed by atoms with Crippen molar-refractivity contribution in [3.8, 4) is 0 Å². The van der Waals surface area contributed by atoms with Crippen molar-refractivity contribution in [3.05, 3.63) is 11.6 Å². The van der Waals surface area contributed by atoms with E-state index in [0.717, 1.165) is 31.7 Å². The summed E-state index contributed by atoms with van der Waals surface area (Å²) in [6.45, 7) is 7.98. The summed E-state index contributed by atoms with van der Waals surface area (Å²) in [5, 5.41) is 10.6. The van der Waals surface area contributed by atoms with E-state index >= 15 is 0 Å². The number of likely N-dealkylation sites (N-methyl/N-ethyl adjacent to an activating group) is 1. The van der Waals surface area contributed by atoms with Gasteiger partial charge in [-0.2, -0.15) is 0 Å². The third-order valence-corrected chi connectivity index (χ3v) is 8.64. The molecule has 1 heterocycles. The van der Waals surface area contributed by atoms with Gasteiger partial charge in [0.1, 0.15) is 0 Å². The molecule has 3 heteroatoms. The van der Waals surface area contributed by atoms with Crippen molar-refractivity contribution in [2.24, 2.45) is 34.5 Å². The molecule has 4 rings (SSSR count). The fourth-order valence-electron chi connectivity index (χ4n) is 7.08. The molecule has 24 heavy (non-hydrogen) atoms. The van der Waals surface area contributed by atoms with E-state index in [0.29, 0.717) is 17.8 Å². The molecular formula is C21H33NO2. The molecule has 3 nitrogen and oxygen atoms in total. The van der Waals surface area contributed by atoms with Gasteiger partial charge < -0.3 is 10.0 Å². The van der Waals surface area contributed by atoms with Crippen molar-refractivity contribution < 1.29 is 9.90 Å². The number of rotatable bonds is 0. The number of aliphatic hydroxyl groups excluding tert-OH is 1. The van der Waals surface area contributed by atoms with Crippen LogP contribution in [0.5, 0.6) is 0 Å². The Hall–Kier alpha value is -0.830. The third-order valence-electron chi connectivity index (χ3n) is 8.64. The SMILES string of the molecule is CC1CC2C(CCC3(C)C(O)CCC23)C2(C)CCN(C)C(=O)C=C12. The monoisotopic (exact) mass is 331 g/mol. The van der Waals surface area contributed by atoms with Crippen LogP contribution < -0.4 is 0 Å². The van der Waals surface area contributed by atoms with Crippen LogP contribution in [0.25, 0.3) is 0 Å². The number of nitrogens with zero attached hydrogens (tertiary/aromatic N) is 1. The molecular weight excluding hydrogens is 298 g/mol. The van der Waals surface area contributed by atoms with Crippen LogP contribution >= 0.6 is 0 Å². The first kappa shape index (κ1) is 16.6. The van der Waals surface area contributed by atoms with Crippen molar-refractivity contribution >= 4 is 5.91 Å². The summed E-state index contributed by atoms with van der Waals surface area (Å²) in [6.07, 6.45) is 8.72. The van der Waals surface area contributed by atoms with E-state index < -0.39 is 0 Å². The molecule has 0 spiro atoms. The van der Waals surface area contributed by atoms with Crippen LogP contribution in [0.1, 0.15) is 59.3 Å². The first-order chi connectivity index (χ1) is 11.3. The van der Waals surface area contributed by atoms with Crippen LogP contribution in [0.15, 0.2) is 11.6 Å². The third kappa shape index (κ3) is 2.09. The molecule has 0 aromatic heterocycles. The Morgan fingerprint density at radius 1 is 1.17 bits per heavy atom. The lowest BCUT2D eigenvalue weighted by atomic mass is 9.46. The molecule has 0 bridgehead atoms. The van der Waals surface area contributed by atoms with Gasteiger partial charge >= 0.3 is 0 Å². The summed E-state index contributed by atoms with van der Waals surface area (Å²) in [4.78, 5) is 14.3. The molecule has 7 atom stereocenters. The summed E-state index contributed by atoms with van der Waals surface area (Å²) in [6, 6.07) is 0. The zero-order chi connectivity index (χ0) is 17.3. The van der Waals surface area contributed by atoms with Crippen molar-refractivity contribution in [2.75, 3.05) is 13.6 Å². The smallest absolute Gasteiger partial charge is 0.246 e. The number of amides is 1. The van der Waals surface area contributed by atoms with Crippen molar-refractivity contribution in [2.45, 2.75) is 65.4 Å². The number of hydrogen-bond donors (Lipinski definition) is 1. The number of hydrogen-bond acceptors (Lipinski definition) is 2. The Kier molecular flexibility index (Phi) is 3.69. The van der Waals surface area contributed by atoms with Crippen LogP contribution in [0.4, 0.5) is 0 Å². The molecule has 3 fully saturated rings. The lowest BCUT2D eigenvalue weighted by Gasteiger charge is -2.58. The second kappa shape index (κ2) is 5.33. The van der Waals surface area contributed by atoms with Gasteiger partial charge in [0.05, 0.1) is 6.10 Å². The molecule has 3 aliphatic carbocycles. The van der Waals surface area contributed by atoms with Gasteiger partial charge in [-0.25, -0.2) is 0 Å². The van der Waals surface area contributed by atoms with E-state index in [2.05, 4.69) is 20.8 Å². The first-order valence-electron chi connectivity index (χ1n) is 9.92. The Labute approximate surface area is 146 Å². The van der Waals surface area contributed by atoms with E-state index in [4.69, 9.17) is 0 Å². The average molecular weight is 332 g/mol. The topological polar surface area (TPSA) is 40.5 Å². The quantitative estimate of drug-likeness (QED) is 0.736. The lowest BCUT2D eigenvalue weighted by molar-refractivity contribution is -0.124. The van der Waals surface area contributed by atoms with Gasteiger partial charge in [0.25, 0.3) is 0 Å². The van der Waals surface area contributed by atoms with Gasteiger partial charge in [-0.1, -0.05) is 26.3 Å². The summed E-state index contributed by atoms with van der Waals surface area (Å²) >= 11 is 0. The maximum atomic E-state index is 12.4. The molecule has 0 saturated heterocycles. The van der Waals surface area contributed by atoms with Crippen LogP contribution in [0, 0.1) is 34.5 Å². The summed E-state index contributed by atoms with van der Waals surface area (Å²) in [7, 11) is 1.94. The number of aliphatic hydroxyl groups is 1. The molecule has 134 valence electrons. The van der Waals surface area contributed by atoms with Gasteiger partial charge in [0.15, 0.2) is 0 Å². The zero-order valence-electron chi connectivity index (χ0n) is 15.7. The summed E-state index contributed by atoms with van der Waals surface area (Å²) in [5.74, 6) is 2.76. The molecule has 0 radical (unpaired) electrons. The largest absolute Gasteiger partial charge is 0.393 e. The number of carbonyl (C=O) groups is 1. The van der Waals surface area contributed by atoms with E-state index in [-0.39, 0.29) is 22.8 Å². The summed E-state index contributed by atoms with van der Waals surface area (Å²) < 4.78 is 0. The van der Waals surface area contributed by atoms with Crippen LogP contribution in [0.3, 0.4) is 0 Å². The Bertz CT molecular complexity index is 584. The second-order valence-electron chi connectivity index (χ2n) is 9.68. The van der Waals surface area contributed by atoms with Crippen molar-refractivity contribution in [1.29, 1.82) is 0 Å². The minimum atomic E-state index is -0.106. The number of fused-ring (bicyclic) bond motifs is 5. The number of allylic oxidation sites excluding steroid dienone is 1. The van der Waals surface area contributed by atoms with Gasteiger partial charge in [0, 0.05) is 19.7 Å². The van der Waals surface area contributed by atoms with Gasteiger partial charge in [0.2, 0.25) is 5.91 Å². The number of carbonyl (C=O) groups excluding carboxylic acids is 1. The zero-order valence-corrected chi connectivity index (χ0v) is 15.7. The van der Waals surface area contributed by atoms with E-state index in [9.17, 15) is 9.90 Å². The fraction of sp³-hybridized carbons (Fsp3) is 0.857. The van der Waals surface area contributed by atoms with Crippen LogP contribution in [0.2, 0.25) is 0 Å². The van der Waals surface area contributed by atoms with Crippen molar-refractivity contribution in [3.63, 3.8) is 0 Å². The molecule has 7 unspecified atom stereocenters. The molecule has 1 N–H and O–H groups in total. The maximum absolute atomic E-state index is 12.4. The minimum Gasteiger partial charge on any atom is -0.393 e. The second-order valence-corrected chi connectivity index (χ2v) is 9.68. The molecule has 3 saturated carbocycles. The molecule has 0 aromatic carbocycles. The molecule has 0 aromatic rings. The van der Waals surface area contributed by atoms with E-state index in [1.807, 2.05) is 18.0 Å². The van der Waals surface area contributed by atoms with Gasteiger partial charge in [-0.3, -0.25) is 4.79 Å². The van der Waals surface area contributed by atoms with Gasteiger partial charge in [-0.15, -0.1) is 0 Å². The first-order valence-corrected chi connectivity index (χ1v) is 9.92. The van der Waals surface area contributed by atoms with E-state index in [1.165, 1.54) is 24.8 Å². The Balaban J connectivity index is 1.73. The van der Waals surface area contributed by atoms with Crippen molar-refractivity contribution in [1.82, 2.24) is 4.90 Å². The van der Waals surface area contributed by atoms with Crippen LogP contribution in [-0.4, -0.2) is 35.6 Å². The average Bonchev–Trinajstić information content (AvgIpc) is 2.78. The fourth-order valence-corrected chi connectivity index (χ4v) is 7.08. The molecule has 4 aliphatic rings. The molecule has 1 amide bonds. The lowest BCUT2D eigenvalue weighted by Crippen LogP contribution is -2.52. The predicted octanol–water partition coefficient (Wildman–Crippen LogP) is 3.62. The highest BCUT2D eigenvalue weighted by Gasteiger charge is 2.59. The highest BCUT2D eigenvalue weighted by Crippen LogP contribution is 2.65. The predicted molar refractivity (Wildman–Crippen MR) is 95.3 cm³/mol. The standard InChI is InChI=1S/C21H33NO2/c1-13-11-14-15-5-6-18(23)21(15,3)8-7-16(14)20(2)9-10-22(4)19(24)12-17(13)20/h12-16,18,23H,5-11H2,1-4H3. The molecule has 1 aliphatic heterocycles. The highest BCUT2D eigenvalue weighted by atomic mass is 16.3. The van der Waals surface area contributed by atoms with Crippen LogP contribution in [-0.2, 0) is 4.79 Å². The van der Waals surface area contributed by atoms with E-state index in [1.54, 1.807) is 0 Å². The van der Waals surface area contributed by atoms with Gasteiger partial charge in [-0.05, 0) is 73.0 Å². The minimum absolute atomic E-state index is 0.106. The Morgan fingerprint density at radius 2 is 1.92 bits per heavy atom.